The molecule has 12 heteroatoms. The summed E-state index contributed by atoms with van der Waals surface area (Å²) >= 11 is 0. The van der Waals surface area contributed by atoms with Crippen LogP contribution in [0.15, 0.2) is 47.6 Å². The van der Waals surface area contributed by atoms with E-state index in [1.165, 1.54) is 31.3 Å². The minimum Gasteiger partial charge on any atom is -0.395 e. The monoisotopic (exact) mass is 523 g/mol. The summed E-state index contributed by atoms with van der Waals surface area (Å²) in [4.78, 5) is 13.4. The average Bonchev–Trinajstić information content (AvgIpc) is 3.54. The van der Waals surface area contributed by atoms with Gasteiger partial charge in [0.25, 0.3) is 0 Å². The molecular formula is C25H19F2N5O4S. The third-order valence-electron chi connectivity index (χ3n) is 6.73. The van der Waals surface area contributed by atoms with Gasteiger partial charge in [-0.25, -0.2) is 13.4 Å². The molecular weight excluding hydrogens is 504 g/mol. The quantitative estimate of drug-likeness (QED) is 0.378. The molecule has 1 aliphatic heterocycles. The fourth-order valence-electron chi connectivity index (χ4n) is 4.41. The highest BCUT2D eigenvalue weighted by molar-refractivity contribution is 7.91. The van der Waals surface area contributed by atoms with Crippen molar-refractivity contribution < 1.29 is 26.7 Å². The number of aromatic nitrogens is 4. The molecule has 6 rings (SSSR count). The Morgan fingerprint density at radius 1 is 1.08 bits per heavy atom. The van der Waals surface area contributed by atoms with Crippen LogP contribution in [0.5, 0.6) is 11.5 Å². The summed E-state index contributed by atoms with van der Waals surface area (Å²) < 4.78 is 63.8. The van der Waals surface area contributed by atoms with Gasteiger partial charge in [-0.05, 0) is 25.0 Å². The van der Waals surface area contributed by atoms with E-state index in [-0.39, 0.29) is 33.7 Å². The number of halogens is 2. The zero-order valence-corrected chi connectivity index (χ0v) is 20.5. The van der Waals surface area contributed by atoms with Gasteiger partial charge in [0.05, 0.1) is 38.9 Å². The standard InChI is InChI=1S/C25H19F2N5O4S/c1-3-37(33,34)20-8-15(14-4-5-21(29-11-14)24(13-28)6-7-24)12-30-22(20)23-31-16-9-18-19(10-17(16)32(23)2)36-25(26,27)35-18/h4-5,8-12H,3,6-7H2,1-2H3. The van der Waals surface area contributed by atoms with Crippen molar-refractivity contribution in [3.8, 4) is 40.2 Å². The molecule has 0 amide bonds. The molecule has 1 saturated carbocycles. The van der Waals surface area contributed by atoms with Crippen LogP contribution in [-0.2, 0) is 22.3 Å². The van der Waals surface area contributed by atoms with Crippen molar-refractivity contribution in [1.82, 2.24) is 19.5 Å². The molecule has 188 valence electrons. The van der Waals surface area contributed by atoms with Crippen molar-refractivity contribution in [2.45, 2.75) is 36.4 Å². The lowest BCUT2D eigenvalue weighted by Crippen LogP contribution is -2.25. The first-order chi connectivity index (χ1) is 17.6. The predicted molar refractivity (Wildman–Crippen MR) is 128 cm³/mol. The molecule has 0 spiro atoms. The van der Waals surface area contributed by atoms with Crippen molar-refractivity contribution in [3.63, 3.8) is 0 Å². The van der Waals surface area contributed by atoms with Crippen molar-refractivity contribution in [2.24, 2.45) is 7.05 Å². The van der Waals surface area contributed by atoms with Crippen molar-refractivity contribution in [1.29, 1.82) is 5.26 Å². The van der Waals surface area contributed by atoms with E-state index in [9.17, 15) is 22.5 Å². The highest BCUT2D eigenvalue weighted by atomic mass is 32.2. The maximum atomic E-state index is 13.5. The van der Waals surface area contributed by atoms with Gasteiger partial charge < -0.3 is 14.0 Å². The summed E-state index contributed by atoms with van der Waals surface area (Å²) in [6.45, 7) is 1.54. The largest absolute Gasteiger partial charge is 0.586 e. The first-order valence-corrected chi connectivity index (χ1v) is 13.1. The number of hydrogen-bond donors (Lipinski definition) is 0. The van der Waals surface area contributed by atoms with Crippen LogP contribution in [0.1, 0.15) is 25.5 Å². The van der Waals surface area contributed by atoms with E-state index in [4.69, 9.17) is 0 Å². The lowest BCUT2D eigenvalue weighted by molar-refractivity contribution is -0.286. The number of ether oxygens (including phenoxy) is 2. The van der Waals surface area contributed by atoms with Crippen LogP contribution in [0.3, 0.4) is 0 Å². The number of aryl methyl sites for hydroxylation is 1. The summed E-state index contributed by atoms with van der Waals surface area (Å²) in [7, 11) is -2.11. The number of nitrogens with zero attached hydrogens (tertiary/aromatic N) is 5. The van der Waals surface area contributed by atoms with Crippen LogP contribution in [0.25, 0.3) is 33.7 Å². The first kappa shape index (κ1) is 23.3. The molecule has 3 aromatic heterocycles. The van der Waals surface area contributed by atoms with E-state index >= 15 is 0 Å². The molecule has 0 bridgehead atoms. The molecule has 0 atom stereocenters. The van der Waals surface area contributed by atoms with Gasteiger partial charge in [0.2, 0.25) is 0 Å². The van der Waals surface area contributed by atoms with E-state index < -0.39 is 21.5 Å². The predicted octanol–water partition coefficient (Wildman–Crippen LogP) is 4.37. The Labute approximate surface area is 210 Å². The van der Waals surface area contributed by atoms with Crippen molar-refractivity contribution in [3.05, 3.63) is 48.4 Å². The maximum absolute atomic E-state index is 13.5. The SMILES string of the molecule is CCS(=O)(=O)c1cc(-c2ccc(C3(C#N)CC3)nc2)cnc1-c1nc2cc3c(cc2n1C)OC(F)(F)O3. The fraction of sp³-hybridized carbons (Fsp3) is 0.280. The van der Waals surface area contributed by atoms with Gasteiger partial charge in [0.15, 0.2) is 27.2 Å². The summed E-state index contributed by atoms with van der Waals surface area (Å²) in [6.07, 6.45) is 0.921. The molecule has 1 aromatic carbocycles. The highest BCUT2D eigenvalue weighted by Gasteiger charge is 2.46. The number of nitriles is 1. The third kappa shape index (κ3) is 3.69. The zero-order valence-electron chi connectivity index (χ0n) is 19.7. The van der Waals surface area contributed by atoms with Gasteiger partial charge in [-0.15, -0.1) is 8.78 Å². The zero-order chi connectivity index (χ0) is 26.2. The smallest absolute Gasteiger partial charge is 0.395 e. The number of imidazole rings is 1. The van der Waals surface area contributed by atoms with Gasteiger partial charge in [0, 0.05) is 42.7 Å². The lowest BCUT2D eigenvalue weighted by Gasteiger charge is -2.12. The van der Waals surface area contributed by atoms with Gasteiger partial charge in [0.1, 0.15) is 5.69 Å². The van der Waals surface area contributed by atoms with Crippen LogP contribution in [0.4, 0.5) is 8.78 Å². The van der Waals surface area contributed by atoms with E-state index in [1.807, 2.05) is 0 Å². The molecule has 4 aromatic rings. The molecule has 1 aliphatic carbocycles. The summed E-state index contributed by atoms with van der Waals surface area (Å²) in [5, 5.41) is 9.41. The summed E-state index contributed by atoms with van der Waals surface area (Å²) in [6, 6.07) is 10.1. The Kier molecular flexibility index (Phi) is 4.84. The van der Waals surface area contributed by atoms with Crippen LogP contribution in [-0.4, -0.2) is 40.0 Å². The number of sulfone groups is 1. The van der Waals surface area contributed by atoms with Gasteiger partial charge in [-0.2, -0.15) is 5.26 Å². The minimum atomic E-state index is -3.76. The number of hydrogen-bond acceptors (Lipinski definition) is 8. The summed E-state index contributed by atoms with van der Waals surface area (Å²) in [5.74, 6) is -0.228. The Morgan fingerprint density at radius 2 is 1.78 bits per heavy atom. The number of fused-ring (bicyclic) bond motifs is 2. The van der Waals surface area contributed by atoms with Crippen LogP contribution < -0.4 is 9.47 Å². The van der Waals surface area contributed by atoms with Gasteiger partial charge in [-0.1, -0.05) is 13.0 Å². The van der Waals surface area contributed by atoms with Crippen LogP contribution >= 0.6 is 0 Å². The molecule has 2 aliphatic rings. The van der Waals surface area contributed by atoms with Crippen LogP contribution in [0.2, 0.25) is 0 Å². The van der Waals surface area contributed by atoms with Crippen LogP contribution in [0, 0.1) is 11.3 Å². The molecule has 0 radical (unpaired) electrons. The highest BCUT2D eigenvalue weighted by Crippen LogP contribution is 2.47. The van der Waals surface area contributed by atoms with E-state index in [1.54, 1.807) is 29.9 Å². The third-order valence-corrected chi connectivity index (χ3v) is 8.48. The Hall–Kier alpha value is -4.11. The Morgan fingerprint density at radius 3 is 2.41 bits per heavy atom. The van der Waals surface area contributed by atoms with E-state index in [2.05, 4.69) is 30.5 Å². The van der Waals surface area contributed by atoms with E-state index in [0.29, 0.717) is 27.9 Å². The van der Waals surface area contributed by atoms with E-state index in [0.717, 1.165) is 12.8 Å². The lowest BCUT2D eigenvalue weighted by atomic mass is 10.0. The topological polar surface area (TPSA) is 120 Å². The average molecular weight is 524 g/mol. The number of alkyl halides is 2. The molecule has 0 unspecified atom stereocenters. The van der Waals surface area contributed by atoms with Crippen molar-refractivity contribution in [2.75, 3.05) is 5.75 Å². The molecule has 4 heterocycles. The second kappa shape index (κ2) is 7.69. The fourth-order valence-corrected chi connectivity index (χ4v) is 5.47. The molecule has 1 fully saturated rings. The number of benzene rings is 1. The Bertz CT molecular complexity index is 1740. The van der Waals surface area contributed by atoms with Gasteiger partial charge in [-0.3, -0.25) is 9.97 Å². The van der Waals surface area contributed by atoms with Crippen molar-refractivity contribution >= 4 is 20.9 Å². The molecule has 0 N–H and O–H groups in total. The number of rotatable bonds is 5. The second-order valence-electron chi connectivity index (χ2n) is 9.05. The molecule has 37 heavy (non-hydrogen) atoms. The Balaban J connectivity index is 1.46. The number of pyridine rings is 2. The molecule has 0 saturated heterocycles. The summed E-state index contributed by atoms with van der Waals surface area (Å²) in [5.41, 5.74) is 2.24. The normalized spacial score (nSPS) is 17.1. The second-order valence-corrected chi connectivity index (χ2v) is 11.3. The van der Waals surface area contributed by atoms with Gasteiger partial charge >= 0.3 is 6.29 Å². The first-order valence-electron chi connectivity index (χ1n) is 11.4. The maximum Gasteiger partial charge on any atom is 0.586 e. The minimum absolute atomic E-state index is 0.0164. The molecule has 9 nitrogen and oxygen atoms in total.